The van der Waals surface area contributed by atoms with Crippen LogP contribution in [0.15, 0.2) is 36.4 Å². The molecule has 0 radical (unpaired) electrons. The smallest absolute Gasteiger partial charge is 0.164 e. The molecular formula is C16H12Cl2O2. The summed E-state index contributed by atoms with van der Waals surface area (Å²) in [4.78, 5) is 12.2. The van der Waals surface area contributed by atoms with E-state index in [1.54, 1.807) is 13.2 Å². The van der Waals surface area contributed by atoms with Crippen molar-refractivity contribution >= 4 is 29.0 Å². The van der Waals surface area contributed by atoms with Crippen molar-refractivity contribution in [2.75, 3.05) is 7.11 Å². The third kappa shape index (κ3) is 2.09. The summed E-state index contributed by atoms with van der Waals surface area (Å²) in [5.41, 5.74) is 2.66. The van der Waals surface area contributed by atoms with Crippen molar-refractivity contribution in [3.8, 4) is 5.75 Å². The van der Waals surface area contributed by atoms with Crippen molar-refractivity contribution in [3.63, 3.8) is 0 Å². The molecule has 1 aliphatic rings. The van der Waals surface area contributed by atoms with Gasteiger partial charge < -0.3 is 4.74 Å². The molecule has 0 amide bonds. The van der Waals surface area contributed by atoms with Crippen LogP contribution in [-0.4, -0.2) is 12.9 Å². The van der Waals surface area contributed by atoms with Crippen molar-refractivity contribution in [1.82, 2.24) is 0 Å². The number of benzene rings is 2. The molecule has 0 fully saturated rings. The molecule has 0 bridgehead atoms. The Kier molecular flexibility index (Phi) is 3.45. The molecule has 0 heterocycles. The molecule has 3 rings (SSSR count). The van der Waals surface area contributed by atoms with Gasteiger partial charge in [0.25, 0.3) is 0 Å². The van der Waals surface area contributed by atoms with Gasteiger partial charge in [-0.25, -0.2) is 0 Å². The van der Waals surface area contributed by atoms with E-state index in [4.69, 9.17) is 27.9 Å². The number of ether oxygens (including phenoxy) is 1. The summed E-state index contributed by atoms with van der Waals surface area (Å²) in [6.45, 7) is 0. The van der Waals surface area contributed by atoms with Gasteiger partial charge in [0.2, 0.25) is 0 Å². The Morgan fingerprint density at radius 3 is 2.65 bits per heavy atom. The van der Waals surface area contributed by atoms with Crippen LogP contribution in [0.5, 0.6) is 5.75 Å². The van der Waals surface area contributed by atoms with E-state index >= 15 is 0 Å². The molecule has 0 aromatic heterocycles. The molecule has 0 aliphatic heterocycles. The molecule has 0 saturated carbocycles. The zero-order chi connectivity index (χ0) is 14.3. The van der Waals surface area contributed by atoms with Crippen molar-refractivity contribution in [3.05, 3.63) is 63.1 Å². The van der Waals surface area contributed by atoms with Gasteiger partial charge in [-0.05, 0) is 23.8 Å². The number of rotatable bonds is 2. The molecule has 1 aliphatic carbocycles. The minimum absolute atomic E-state index is 0.0246. The zero-order valence-corrected chi connectivity index (χ0v) is 12.3. The Bertz CT molecular complexity index is 695. The number of carbonyl (C=O) groups is 1. The maximum Gasteiger partial charge on any atom is 0.164 e. The van der Waals surface area contributed by atoms with Crippen LogP contribution in [-0.2, 0) is 0 Å². The van der Waals surface area contributed by atoms with E-state index in [9.17, 15) is 4.79 Å². The van der Waals surface area contributed by atoms with E-state index in [1.807, 2.05) is 30.3 Å². The van der Waals surface area contributed by atoms with Gasteiger partial charge >= 0.3 is 0 Å². The molecule has 0 N–H and O–H groups in total. The van der Waals surface area contributed by atoms with Gasteiger partial charge in [-0.1, -0.05) is 41.4 Å². The van der Waals surface area contributed by atoms with Crippen LogP contribution >= 0.6 is 23.2 Å². The Morgan fingerprint density at radius 2 is 1.95 bits per heavy atom. The number of ketones is 1. The van der Waals surface area contributed by atoms with Gasteiger partial charge in [-0.15, -0.1) is 0 Å². The first-order chi connectivity index (χ1) is 9.61. The minimum atomic E-state index is -0.0246. The van der Waals surface area contributed by atoms with Gasteiger partial charge in [0.1, 0.15) is 5.75 Å². The number of hydrogen-bond acceptors (Lipinski definition) is 2. The van der Waals surface area contributed by atoms with Crippen molar-refractivity contribution < 1.29 is 9.53 Å². The lowest BCUT2D eigenvalue weighted by atomic mass is 9.92. The molecular weight excluding hydrogens is 295 g/mol. The normalized spacial score (nSPS) is 17.1. The first kappa shape index (κ1) is 13.5. The van der Waals surface area contributed by atoms with Crippen LogP contribution in [0, 0.1) is 0 Å². The Labute approximate surface area is 127 Å². The maximum atomic E-state index is 12.2. The predicted molar refractivity (Wildman–Crippen MR) is 80.2 cm³/mol. The van der Waals surface area contributed by atoms with Gasteiger partial charge in [0.05, 0.1) is 17.2 Å². The third-order valence-electron chi connectivity index (χ3n) is 3.67. The highest BCUT2D eigenvalue weighted by molar-refractivity contribution is 6.42. The Morgan fingerprint density at radius 1 is 1.15 bits per heavy atom. The molecule has 0 unspecified atom stereocenters. The number of halogens is 2. The molecule has 2 aromatic carbocycles. The van der Waals surface area contributed by atoms with Crippen LogP contribution in [0.1, 0.15) is 33.8 Å². The summed E-state index contributed by atoms with van der Waals surface area (Å²) < 4.78 is 5.40. The predicted octanol–water partition coefficient (Wildman–Crippen LogP) is 4.72. The monoisotopic (exact) mass is 306 g/mol. The number of carbonyl (C=O) groups excluding carboxylic acids is 1. The van der Waals surface area contributed by atoms with Crippen molar-refractivity contribution in [2.24, 2.45) is 0 Å². The van der Waals surface area contributed by atoms with E-state index in [2.05, 4.69) is 0 Å². The van der Waals surface area contributed by atoms with E-state index in [1.165, 1.54) is 0 Å². The second-order valence-corrected chi connectivity index (χ2v) is 5.59. The fourth-order valence-corrected chi connectivity index (χ4v) is 3.04. The highest BCUT2D eigenvalue weighted by Gasteiger charge is 2.33. The van der Waals surface area contributed by atoms with Gasteiger partial charge in [0, 0.05) is 23.5 Å². The average molecular weight is 307 g/mol. The second-order valence-electron chi connectivity index (χ2n) is 4.77. The minimum Gasteiger partial charge on any atom is -0.496 e. The van der Waals surface area contributed by atoms with Crippen LogP contribution < -0.4 is 4.74 Å². The number of methoxy groups -OCH3 is 1. The molecule has 0 spiro atoms. The lowest BCUT2D eigenvalue weighted by molar-refractivity contribution is 0.0991. The number of hydrogen-bond donors (Lipinski definition) is 0. The van der Waals surface area contributed by atoms with Gasteiger partial charge in [0.15, 0.2) is 5.78 Å². The third-order valence-corrected chi connectivity index (χ3v) is 4.41. The second kappa shape index (κ2) is 5.12. The van der Waals surface area contributed by atoms with Gasteiger partial charge in [-0.2, -0.15) is 0 Å². The average Bonchev–Trinajstić information content (AvgIpc) is 2.79. The summed E-state index contributed by atoms with van der Waals surface area (Å²) in [6.07, 6.45) is 0.438. The highest BCUT2D eigenvalue weighted by Crippen LogP contribution is 2.44. The van der Waals surface area contributed by atoms with Crippen LogP contribution in [0.25, 0.3) is 0 Å². The SMILES string of the molecule is COc1cccc2c1[C@@H](c1ccc(Cl)c(Cl)c1)CC2=O. The van der Waals surface area contributed by atoms with E-state index in [0.29, 0.717) is 16.5 Å². The van der Waals surface area contributed by atoms with Gasteiger partial charge in [-0.3, -0.25) is 4.79 Å². The lowest BCUT2D eigenvalue weighted by Crippen LogP contribution is -1.99. The van der Waals surface area contributed by atoms with Crippen LogP contribution in [0.4, 0.5) is 0 Å². The van der Waals surface area contributed by atoms with E-state index in [0.717, 1.165) is 22.4 Å². The molecule has 1 atom stereocenters. The molecule has 2 aromatic rings. The summed E-state index contributed by atoms with van der Waals surface area (Å²) in [7, 11) is 1.62. The van der Waals surface area contributed by atoms with Crippen molar-refractivity contribution in [2.45, 2.75) is 12.3 Å². The quantitative estimate of drug-likeness (QED) is 0.802. The summed E-state index contributed by atoms with van der Waals surface area (Å²) in [5.74, 6) is 0.850. The van der Waals surface area contributed by atoms with Crippen molar-refractivity contribution in [1.29, 1.82) is 0 Å². The molecule has 2 nitrogen and oxygen atoms in total. The van der Waals surface area contributed by atoms with E-state index < -0.39 is 0 Å². The summed E-state index contributed by atoms with van der Waals surface area (Å²) in [5, 5.41) is 1.01. The summed E-state index contributed by atoms with van der Waals surface area (Å²) in [6, 6.07) is 11.1. The van der Waals surface area contributed by atoms with E-state index in [-0.39, 0.29) is 11.7 Å². The Balaban J connectivity index is 2.14. The van der Waals surface area contributed by atoms with Crippen LogP contribution in [0.2, 0.25) is 10.0 Å². The molecule has 20 heavy (non-hydrogen) atoms. The molecule has 0 saturated heterocycles. The maximum absolute atomic E-state index is 12.2. The topological polar surface area (TPSA) is 26.3 Å². The lowest BCUT2D eigenvalue weighted by Gasteiger charge is -2.15. The zero-order valence-electron chi connectivity index (χ0n) is 10.8. The number of fused-ring (bicyclic) bond motifs is 1. The van der Waals surface area contributed by atoms with Crippen LogP contribution in [0.3, 0.4) is 0 Å². The summed E-state index contributed by atoms with van der Waals surface area (Å²) >= 11 is 12.0. The fourth-order valence-electron chi connectivity index (χ4n) is 2.74. The first-order valence-corrected chi connectivity index (χ1v) is 7.02. The molecule has 102 valence electrons. The largest absolute Gasteiger partial charge is 0.496 e. The standard InChI is InChI=1S/C16H12Cl2O2/c1-20-15-4-2-3-10-14(19)8-11(16(10)15)9-5-6-12(17)13(18)7-9/h2-7,11H,8H2,1H3/t11-/m1/s1. The fraction of sp³-hybridized carbons (Fsp3) is 0.188. The highest BCUT2D eigenvalue weighted by atomic mass is 35.5. The first-order valence-electron chi connectivity index (χ1n) is 6.27. The molecule has 4 heteroatoms. The number of Topliss-reactive ketones (excluding diaryl/α,β-unsaturated/α-hetero) is 1. The Hall–Kier alpha value is -1.51.